The lowest BCUT2D eigenvalue weighted by Gasteiger charge is -2.39. The Morgan fingerprint density at radius 2 is 1.73 bits per heavy atom. The number of benzene rings is 3. The number of aromatic nitrogens is 4. The highest BCUT2D eigenvalue weighted by molar-refractivity contribution is 6.31. The molecule has 3 atom stereocenters. The van der Waals surface area contributed by atoms with E-state index in [-0.39, 0.29) is 30.2 Å². The van der Waals surface area contributed by atoms with Crippen LogP contribution in [-0.2, 0) is 17.6 Å². The van der Waals surface area contributed by atoms with Gasteiger partial charge in [0.05, 0.1) is 40.5 Å². The van der Waals surface area contributed by atoms with Gasteiger partial charge >= 0.3 is 6.09 Å². The first-order valence-electron chi connectivity index (χ1n) is 22.7. The van der Waals surface area contributed by atoms with E-state index in [0.29, 0.717) is 34.0 Å². The number of fused-ring (bicyclic) bond motifs is 3. The number of anilines is 2. The molecule has 0 radical (unpaired) electrons. The number of aryl methyl sites for hydroxylation is 1. The van der Waals surface area contributed by atoms with Crippen molar-refractivity contribution in [2.24, 2.45) is 5.92 Å². The third-order valence-electron chi connectivity index (χ3n) is 13.7. The third kappa shape index (κ3) is 9.34. The molecule has 2 aliphatic heterocycles. The van der Waals surface area contributed by atoms with Gasteiger partial charge in [0, 0.05) is 68.9 Å². The summed E-state index contributed by atoms with van der Waals surface area (Å²) in [6, 6.07) is 26.3. The highest BCUT2D eigenvalue weighted by Crippen LogP contribution is 2.41. The molecule has 14 heteroatoms. The summed E-state index contributed by atoms with van der Waals surface area (Å²) in [7, 11) is 1.45. The number of carbonyl (C=O) groups is 2. The van der Waals surface area contributed by atoms with Gasteiger partial charge in [-0.05, 0) is 113 Å². The fraction of sp³-hybridized carbons (Fsp3) is 0.469. The average Bonchev–Trinajstić information content (AvgIpc) is 3.68. The molecule has 4 heterocycles. The predicted molar refractivity (Wildman–Crippen MR) is 244 cm³/mol. The minimum Gasteiger partial charge on any atom is -0.490 e. The Bertz CT molecular complexity index is 2460. The summed E-state index contributed by atoms with van der Waals surface area (Å²) in [5, 5.41) is 21.5. The minimum atomic E-state index is -0.319. The van der Waals surface area contributed by atoms with Crippen molar-refractivity contribution in [3.05, 3.63) is 106 Å². The largest absolute Gasteiger partial charge is 0.490 e. The lowest BCUT2D eigenvalue weighted by molar-refractivity contribution is 0.0888. The van der Waals surface area contributed by atoms with Gasteiger partial charge in [-0.2, -0.15) is 5.26 Å². The first-order chi connectivity index (χ1) is 30.7. The molecular weight excluding hydrogens is 814 g/mol. The molecule has 5 aromatic rings. The number of hydrogen-bond acceptors (Lipinski definition) is 10. The van der Waals surface area contributed by atoms with Gasteiger partial charge < -0.3 is 24.3 Å². The molecule has 63 heavy (non-hydrogen) atoms. The Balaban J connectivity index is 0.792. The molecule has 1 N–H and O–H groups in total. The molecule has 13 nitrogen and oxygen atoms in total. The van der Waals surface area contributed by atoms with Crippen LogP contribution < -0.4 is 19.9 Å². The molecule has 2 amide bonds. The number of imidazole rings is 1. The summed E-state index contributed by atoms with van der Waals surface area (Å²) in [6.45, 7) is 6.76. The number of nitrogens with zero attached hydrogens (tertiary/aromatic N) is 8. The number of ether oxygens (including phenoxy) is 2. The van der Waals surface area contributed by atoms with Crippen LogP contribution in [0, 0.1) is 17.2 Å². The maximum atomic E-state index is 13.2. The van der Waals surface area contributed by atoms with Gasteiger partial charge in [-0.1, -0.05) is 48.4 Å². The molecule has 4 aliphatic rings. The van der Waals surface area contributed by atoms with E-state index in [4.69, 9.17) is 31.3 Å². The van der Waals surface area contributed by atoms with Crippen LogP contribution in [0.2, 0.25) is 5.02 Å². The molecule has 328 valence electrons. The molecule has 0 bridgehead atoms. The van der Waals surface area contributed by atoms with E-state index in [1.165, 1.54) is 31.0 Å². The van der Waals surface area contributed by atoms with E-state index in [1.807, 2.05) is 6.07 Å². The number of methoxy groups -OCH3 is 1. The van der Waals surface area contributed by atoms with Gasteiger partial charge in [-0.25, -0.2) is 9.78 Å². The van der Waals surface area contributed by atoms with Gasteiger partial charge in [-0.3, -0.25) is 14.6 Å². The average molecular weight is 870 g/mol. The van der Waals surface area contributed by atoms with Crippen molar-refractivity contribution in [2.75, 3.05) is 49.6 Å². The van der Waals surface area contributed by atoms with Crippen molar-refractivity contribution in [3.63, 3.8) is 0 Å². The van der Waals surface area contributed by atoms with Crippen molar-refractivity contribution < 1.29 is 19.1 Å². The van der Waals surface area contributed by atoms with E-state index >= 15 is 0 Å². The van der Waals surface area contributed by atoms with Gasteiger partial charge in [-0.15, -0.1) is 10.2 Å². The molecule has 0 unspecified atom stereocenters. The monoisotopic (exact) mass is 869 g/mol. The minimum absolute atomic E-state index is 0.0297. The molecule has 2 aromatic heterocycles. The third-order valence-corrected chi connectivity index (χ3v) is 14.0. The molecular formula is C49H56ClN9O4. The Morgan fingerprint density at radius 1 is 0.921 bits per heavy atom. The molecule has 9 rings (SSSR count). The van der Waals surface area contributed by atoms with E-state index in [9.17, 15) is 9.59 Å². The van der Waals surface area contributed by atoms with E-state index in [1.54, 1.807) is 29.2 Å². The van der Waals surface area contributed by atoms with Crippen molar-refractivity contribution in [3.8, 4) is 11.8 Å². The lowest BCUT2D eigenvalue weighted by Crippen LogP contribution is -2.48. The normalized spacial score (nSPS) is 22.9. The maximum absolute atomic E-state index is 13.2. The van der Waals surface area contributed by atoms with Crippen LogP contribution in [0.1, 0.15) is 104 Å². The van der Waals surface area contributed by atoms with Crippen molar-refractivity contribution in [2.45, 2.75) is 102 Å². The van der Waals surface area contributed by atoms with Crippen molar-refractivity contribution in [1.82, 2.24) is 30.0 Å². The Morgan fingerprint density at radius 3 is 2.46 bits per heavy atom. The van der Waals surface area contributed by atoms with Gasteiger partial charge in [0.1, 0.15) is 17.6 Å². The van der Waals surface area contributed by atoms with Crippen molar-refractivity contribution in [1.29, 1.82) is 5.26 Å². The number of carbonyl (C=O) groups excluding carboxylic acids is 2. The van der Waals surface area contributed by atoms with Crippen LogP contribution >= 0.6 is 11.6 Å². The Labute approximate surface area is 374 Å². The lowest BCUT2D eigenvalue weighted by atomic mass is 9.84. The molecule has 2 aliphatic carbocycles. The highest BCUT2D eigenvalue weighted by atomic mass is 35.5. The first kappa shape index (κ1) is 42.6. The van der Waals surface area contributed by atoms with Gasteiger partial charge in [0.2, 0.25) is 0 Å². The van der Waals surface area contributed by atoms with Crippen molar-refractivity contribution >= 4 is 46.1 Å². The second-order valence-electron chi connectivity index (χ2n) is 17.8. The predicted octanol–water partition coefficient (Wildman–Crippen LogP) is 8.52. The fourth-order valence-electron chi connectivity index (χ4n) is 10.4. The molecule has 3 fully saturated rings. The zero-order valence-electron chi connectivity index (χ0n) is 36.2. The number of halogens is 1. The second kappa shape index (κ2) is 19.0. The van der Waals surface area contributed by atoms with Crippen LogP contribution in [-0.4, -0.2) is 94.7 Å². The standard InChI is InChI=1S/C49H56ClN9O4/c1-32-11-18-40-43(58(32)49(61)62-2)20-21-44-47(40)53-46(28-33-7-4-3-5-8-33)59(44)37-10-6-9-34(27-37)31-56-23-25-57(26-24-56)45-22-19-42(54-55-45)48(60)52-36-13-16-38(17-14-36)63-39-15-12-35(30-51)41(50)29-39/h3-5,7-8,12,15,19-22,29,32,34,36-38H,6,9-11,13-14,16-18,23-28,31H2,1-2H3,(H,52,60)/t32-,34+,36?,37+,38?/m0/s1. The number of amides is 2. The molecule has 3 aromatic carbocycles. The number of nitriles is 1. The summed E-state index contributed by atoms with van der Waals surface area (Å²) in [6.07, 6.45) is 10.1. The van der Waals surface area contributed by atoms with E-state index in [2.05, 4.69) is 85.3 Å². The summed E-state index contributed by atoms with van der Waals surface area (Å²) in [5.74, 6) is 2.92. The summed E-state index contributed by atoms with van der Waals surface area (Å²) in [5.41, 5.74) is 6.25. The summed E-state index contributed by atoms with van der Waals surface area (Å²) < 4.78 is 13.9. The summed E-state index contributed by atoms with van der Waals surface area (Å²) in [4.78, 5) is 38.1. The summed E-state index contributed by atoms with van der Waals surface area (Å²) >= 11 is 6.18. The number of hydrogen-bond donors (Lipinski definition) is 1. The van der Waals surface area contributed by atoms with Crippen LogP contribution in [0.25, 0.3) is 11.0 Å². The van der Waals surface area contributed by atoms with Gasteiger partial charge in [0.15, 0.2) is 11.5 Å². The van der Waals surface area contributed by atoms with Crippen LogP contribution in [0.3, 0.4) is 0 Å². The van der Waals surface area contributed by atoms with Crippen LogP contribution in [0.15, 0.2) is 72.8 Å². The number of rotatable bonds is 10. The molecule has 1 saturated heterocycles. The maximum Gasteiger partial charge on any atom is 0.414 e. The van der Waals surface area contributed by atoms with E-state index in [0.717, 1.165) is 119 Å². The first-order valence-corrected chi connectivity index (χ1v) is 23.0. The number of piperazine rings is 1. The smallest absolute Gasteiger partial charge is 0.414 e. The fourth-order valence-corrected chi connectivity index (χ4v) is 10.6. The van der Waals surface area contributed by atoms with Gasteiger partial charge in [0.25, 0.3) is 5.91 Å². The van der Waals surface area contributed by atoms with E-state index < -0.39 is 0 Å². The Hall–Kier alpha value is -5.71. The van der Waals surface area contributed by atoms with Crippen LogP contribution in [0.5, 0.6) is 5.75 Å². The molecule has 2 saturated carbocycles. The van der Waals surface area contributed by atoms with Crippen LogP contribution in [0.4, 0.5) is 16.3 Å². The second-order valence-corrected chi connectivity index (χ2v) is 18.2. The Kier molecular flexibility index (Phi) is 12.8. The highest BCUT2D eigenvalue weighted by Gasteiger charge is 2.34. The zero-order valence-corrected chi connectivity index (χ0v) is 37.0. The number of nitrogens with one attached hydrogen (secondary N) is 1. The zero-order chi connectivity index (χ0) is 43.5. The molecule has 0 spiro atoms. The quantitative estimate of drug-likeness (QED) is 0.145. The SMILES string of the molecule is COC(=O)N1c2ccc3c(nc(Cc4ccccc4)n3[C@@H]3CCC[C@@H](CN4CCN(c5ccc(C(=O)NC6CCC(Oc7ccc(C#N)c(Cl)c7)CC6)nn5)CC4)C3)c2CC[C@@H]1C. The topological polar surface area (TPSA) is 142 Å².